The third kappa shape index (κ3) is 2.14. The van der Waals surface area contributed by atoms with Gasteiger partial charge in [-0.05, 0) is 12.5 Å². The Labute approximate surface area is 68.1 Å². The predicted octanol–water partition coefficient (Wildman–Crippen LogP) is 4.65. The van der Waals surface area contributed by atoms with Crippen LogP contribution in [0.1, 0.15) is 0 Å². The van der Waals surface area contributed by atoms with E-state index in [-0.39, 0.29) is 0 Å². The van der Waals surface area contributed by atoms with Crippen molar-refractivity contribution >= 4 is 55.8 Å². The monoisotopic (exact) mass is 220 g/mol. The van der Waals surface area contributed by atoms with E-state index in [4.69, 9.17) is 0 Å². The van der Waals surface area contributed by atoms with Gasteiger partial charge in [0.05, 0.1) is 11.1 Å². The maximum atomic E-state index is 2.21. The molecule has 0 aromatic carbocycles. The first-order valence-electron chi connectivity index (χ1n) is 1.91. The van der Waals surface area contributed by atoms with E-state index in [0.717, 1.165) is 0 Å². The van der Waals surface area contributed by atoms with E-state index in [0.29, 0.717) is 11.1 Å². The summed E-state index contributed by atoms with van der Waals surface area (Å²) in [5, 5.41) is 0. The Morgan fingerprint density at radius 1 is 1.00 bits per heavy atom. The second kappa shape index (κ2) is 4.20. The van der Waals surface area contributed by atoms with Crippen molar-refractivity contribution in [3.8, 4) is 0 Å². The standard InChI is InChI=1S/C2H6P2S4/c1-5-3-7-4(6-2)8-3/h1-2H3. The van der Waals surface area contributed by atoms with Crippen LogP contribution >= 0.6 is 55.8 Å². The minimum Gasteiger partial charge on any atom is -0.115 e. The summed E-state index contributed by atoms with van der Waals surface area (Å²) in [5.74, 6) is 0. The number of hydrogen-bond donors (Lipinski definition) is 0. The van der Waals surface area contributed by atoms with Gasteiger partial charge in [-0.1, -0.05) is 22.0 Å². The summed E-state index contributed by atoms with van der Waals surface area (Å²) in [6, 6.07) is 0. The molecule has 0 spiro atoms. The second-order valence-corrected chi connectivity index (χ2v) is 19.8. The third-order valence-electron chi connectivity index (χ3n) is 0.565. The average Bonchev–Trinajstić information content (AvgIpc) is 1.65. The van der Waals surface area contributed by atoms with E-state index in [1.807, 2.05) is 22.8 Å². The first-order chi connectivity index (χ1) is 3.86. The van der Waals surface area contributed by atoms with Gasteiger partial charge in [-0.15, -0.1) is 22.8 Å². The highest BCUT2D eigenvalue weighted by atomic mass is 33.8. The van der Waals surface area contributed by atoms with E-state index in [2.05, 4.69) is 34.5 Å². The molecule has 1 aliphatic heterocycles. The van der Waals surface area contributed by atoms with Crippen molar-refractivity contribution in [1.29, 1.82) is 0 Å². The number of hydrogen-bond acceptors (Lipinski definition) is 4. The smallest absolute Gasteiger partial charge is 0.0845 e. The van der Waals surface area contributed by atoms with Crippen molar-refractivity contribution in [3.63, 3.8) is 0 Å². The predicted molar refractivity (Wildman–Crippen MR) is 56.1 cm³/mol. The Morgan fingerprint density at radius 3 is 1.62 bits per heavy atom. The van der Waals surface area contributed by atoms with Crippen LogP contribution in [0, 0.1) is 0 Å². The minimum atomic E-state index is 0.317. The summed E-state index contributed by atoms with van der Waals surface area (Å²) in [7, 11) is 0. The zero-order chi connectivity index (χ0) is 5.98. The van der Waals surface area contributed by atoms with Crippen LogP contribution in [0.2, 0.25) is 0 Å². The van der Waals surface area contributed by atoms with Gasteiger partial charge in [0.15, 0.2) is 0 Å². The van der Waals surface area contributed by atoms with E-state index in [1.54, 1.807) is 0 Å². The van der Waals surface area contributed by atoms with Gasteiger partial charge in [-0.2, -0.15) is 0 Å². The van der Waals surface area contributed by atoms with Gasteiger partial charge in [0.25, 0.3) is 0 Å². The molecule has 0 unspecified atom stereocenters. The molecule has 0 aromatic rings. The van der Waals surface area contributed by atoms with Gasteiger partial charge in [0, 0.05) is 0 Å². The maximum Gasteiger partial charge on any atom is 0.0845 e. The van der Waals surface area contributed by atoms with Gasteiger partial charge >= 0.3 is 0 Å². The minimum absolute atomic E-state index is 0.317. The van der Waals surface area contributed by atoms with Gasteiger partial charge < -0.3 is 0 Å². The van der Waals surface area contributed by atoms with Crippen molar-refractivity contribution in [2.75, 3.05) is 12.5 Å². The lowest BCUT2D eigenvalue weighted by molar-refractivity contribution is 2.54. The molecule has 1 saturated heterocycles. The molecule has 0 bridgehead atoms. The van der Waals surface area contributed by atoms with Crippen molar-refractivity contribution in [1.82, 2.24) is 0 Å². The molecule has 0 N–H and O–H groups in total. The lowest BCUT2D eigenvalue weighted by Crippen LogP contribution is -1.59. The van der Waals surface area contributed by atoms with Crippen molar-refractivity contribution in [2.24, 2.45) is 0 Å². The summed E-state index contributed by atoms with van der Waals surface area (Å²) in [4.78, 5) is 0. The molecule has 0 nitrogen and oxygen atoms in total. The van der Waals surface area contributed by atoms with Crippen LogP contribution < -0.4 is 0 Å². The quantitative estimate of drug-likeness (QED) is 0.621. The van der Waals surface area contributed by atoms with E-state index >= 15 is 0 Å². The first-order valence-corrected chi connectivity index (χ1v) is 12.3. The van der Waals surface area contributed by atoms with Gasteiger partial charge in [-0.3, -0.25) is 0 Å². The fraction of sp³-hybridized carbons (Fsp3) is 1.00. The first kappa shape index (κ1) is 8.36. The molecule has 0 saturated carbocycles. The van der Waals surface area contributed by atoms with Crippen molar-refractivity contribution in [3.05, 3.63) is 0 Å². The molecule has 0 amide bonds. The SMILES string of the molecule is CSP1SP(SC)S1. The summed E-state index contributed by atoms with van der Waals surface area (Å²) in [5.41, 5.74) is 0.635. The molecule has 1 heterocycles. The molecule has 0 aliphatic carbocycles. The Balaban J connectivity index is 2.03. The lowest BCUT2D eigenvalue weighted by Gasteiger charge is -2.29. The van der Waals surface area contributed by atoms with Gasteiger partial charge in [0.1, 0.15) is 0 Å². The molecule has 0 radical (unpaired) electrons. The third-order valence-corrected chi connectivity index (χ3v) is 29.6. The van der Waals surface area contributed by atoms with Gasteiger partial charge in [0.2, 0.25) is 0 Å². The summed E-state index contributed by atoms with van der Waals surface area (Å²) in [6.45, 7) is 0. The van der Waals surface area contributed by atoms with Crippen molar-refractivity contribution < 1.29 is 0 Å². The normalized spacial score (nSPS) is 36.8. The summed E-state index contributed by atoms with van der Waals surface area (Å²) < 4.78 is 0. The fourth-order valence-electron chi connectivity index (χ4n) is 0.248. The highest BCUT2D eigenvalue weighted by Crippen LogP contribution is 3.03. The fourth-order valence-corrected chi connectivity index (χ4v) is 33.3. The molecule has 8 heavy (non-hydrogen) atoms. The van der Waals surface area contributed by atoms with Crippen LogP contribution in [0.4, 0.5) is 0 Å². The molecule has 0 atom stereocenters. The molecular weight excluding hydrogens is 214 g/mol. The second-order valence-electron chi connectivity index (χ2n) is 0.976. The van der Waals surface area contributed by atoms with Gasteiger partial charge in [-0.25, -0.2) is 0 Å². The summed E-state index contributed by atoms with van der Waals surface area (Å²) in [6.07, 6.45) is 4.41. The Morgan fingerprint density at radius 2 is 1.38 bits per heavy atom. The Hall–Kier alpha value is 2.26. The molecule has 6 heteroatoms. The molecular formula is C2H6P2S4. The van der Waals surface area contributed by atoms with E-state index < -0.39 is 0 Å². The lowest BCUT2D eigenvalue weighted by atomic mass is 12.0. The molecule has 0 aromatic heterocycles. The van der Waals surface area contributed by atoms with E-state index in [9.17, 15) is 0 Å². The highest BCUT2D eigenvalue weighted by Gasteiger charge is 2.29. The van der Waals surface area contributed by atoms with Crippen LogP contribution in [0.15, 0.2) is 0 Å². The van der Waals surface area contributed by atoms with Crippen molar-refractivity contribution in [2.45, 2.75) is 0 Å². The highest BCUT2D eigenvalue weighted by molar-refractivity contribution is 9.54. The van der Waals surface area contributed by atoms with Crippen LogP contribution in [0.5, 0.6) is 0 Å². The average molecular weight is 220 g/mol. The maximum absolute atomic E-state index is 2.21. The van der Waals surface area contributed by atoms with Crippen LogP contribution in [0.25, 0.3) is 0 Å². The molecule has 1 fully saturated rings. The number of rotatable bonds is 2. The Bertz CT molecular complexity index is 64.4. The van der Waals surface area contributed by atoms with Crippen LogP contribution in [0.3, 0.4) is 0 Å². The Kier molecular flexibility index (Phi) is 4.39. The largest absolute Gasteiger partial charge is 0.115 e. The molecule has 1 aliphatic rings. The zero-order valence-electron chi connectivity index (χ0n) is 4.53. The zero-order valence-corrected chi connectivity index (χ0v) is 9.58. The van der Waals surface area contributed by atoms with Crippen LogP contribution in [-0.4, -0.2) is 12.5 Å². The molecule has 48 valence electrons. The van der Waals surface area contributed by atoms with E-state index in [1.165, 1.54) is 0 Å². The topological polar surface area (TPSA) is 0 Å². The summed E-state index contributed by atoms with van der Waals surface area (Å²) >= 11 is 8.43. The van der Waals surface area contributed by atoms with Crippen LogP contribution in [-0.2, 0) is 0 Å². The molecule has 1 rings (SSSR count).